The molecule has 0 aromatic heterocycles. The number of rotatable bonds is 10. The van der Waals surface area contributed by atoms with Crippen molar-refractivity contribution in [3.8, 4) is 0 Å². The summed E-state index contributed by atoms with van der Waals surface area (Å²) < 4.78 is 0. The van der Waals surface area contributed by atoms with Crippen LogP contribution in [0.2, 0.25) is 0 Å². The Balaban J connectivity index is 1.87. The Morgan fingerprint density at radius 1 is 0.574 bits per heavy atom. The van der Waals surface area contributed by atoms with Crippen LogP contribution in [-0.4, -0.2) is 119 Å². The number of carbonyl (C=O) groups is 7. The zero-order valence-corrected chi connectivity index (χ0v) is 37.8. The van der Waals surface area contributed by atoms with Crippen LogP contribution in [0.5, 0.6) is 0 Å². The van der Waals surface area contributed by atoms with E-state index in [9.17, 15) is 33.6 Å². The Bertz CT molecular complexity index is 1840. The minimum Gasteiger partial charge on any atom is -0.342 e. The van der Waals surface area contributed by atoms with Crippen LogP contribution >= 0.6 is 0 Å². The predicted molar refractivity (Wildman–Crippen MR) is 234 cm³/mol. The third kappa shape index (κ3) is 12.4. The highest BCUT2D eigenvalue weighted by Crippen LogP contribution is 2.24. The number of nitrogens with zero attached hydrogens (tertiary/aromatic N) is 3. The lowest BCUT2D eigenvalue weighted by molar-refractivity contribution is -0.149. The van der Waals surface area contributed by atoms with Crippen molar-refractivity contribution in [2.24, 2.45) is 23.7 Å². The summed E-state index contributed by atoms with van der Waals surface area (Å²) in [6, 6.07) is 11.2. The van der Waals surface area contributed by atoms with Gasteiger partial charge in [-0.3, -0.25) is 33.6 Å². The molecule has 2 saturated heterocycles. The Morgan fingerprint density at radius 3 is 1.52 bits per heavy atom. The van der Waals surface area contributed by atoms with E-state index in [-0.39, 0.29) is 43.6 Å². The quantitative estimate of drug-likeness (QED) is 0.283. The van der Waals surface area contributed by atoms with Crippen molar-refractivity contribution in [3.05, 3.63) is 71.8 Å². The summed E-state index contributed by atoms with van der Waals surface area (Å²) in [5.41, 5.74) is 1.56. The van der Waals surface area contributed by atoms with E-state index in [4.69, 9.17) is 0 Å². The first-order valence-electron chi connectivity index (χ1n) is 22.0. The molecule has 2 fully saturated rings. The summed E-state index contributed by atoms with van der Waals surface area (Å²) in [5.74, 6) is -4.89. The summed E-state index contributed by atoms with van der Waals surface area (Å²) >= 11 is 0. The van der Waals surface area contributed by atoms with Gasteiger partial charge in [0.15, 0.2) is 0 Å². The number of likely N-dealkylation sites (N-methyl/N-ethyl adjacent to an activating group) is 2. The number of nitrogens with one attached hydrogen (secondary N) is 4. The Morgan fingerprint density at radius 2 is 1.03 bits per heavy atom. The van der Waals surface area contributed by atoms with E-state index in [1.807, 2.05) is 102 Å². The number of benzene rings is 2. The van der Waals surface area contributed by atoms with Crippen LogP contribution in [0.1, 0.15) is 92.2 Å². The zero-order valence-electron chi connectivity index (χ0n) is 37.8. The first-order valence-corrected chi connectivity index (χ1v) is 22.0. The molecule has 4 rings (SSSR count). The smallest absolute Gasteiger partial charge is 0.246 e. The number of carbonyl (C=O) groups excluding carboxylic acids is 7. The molecule has 0 saturated carbocycles. The fourth-order valence-electron chi connectivity index (χ4n) is 8.16. The van der Waals surface area contributed by atoms with Crippen molar-refractivity contribution in [1.29, 1.82) is 0 Å². The Hall–Kier alpha value is -5.27. The molecule has 0 radical (unpaired) electrons. The van der Waals surface area contributed by atoms with Crippen molar-refractivity contribution in [2.45, 2.75) is 136 Å². The lowest BCUT2D eigenvalue weighted by atomic mass is 9.95. The number of hydrogen-bond donors (Lipinski definition) is 4. The van der Waals surface area contributed by atoms with Gasteiger partial charge in [-0.15, -0.1) is 0 Å². The molecule has 2 aromatic carbocycles. The fourth-order valence-corrected chi connectivity index (χ4v) is 8.16. The van der Waals surface area contributed by atoms with Crippen LogP contribution in [-0.2, 0) is 46.4 Å². The average Bonchev–Trinajstić information content (AvgIpc) is 3.73. The molecule has 2 heterocycles. The molecule has 2 aliphatic heterocycles. The molecule has 7 amide bonds. The van der Waals surface area contributed by atoms with Crippen molar-refractivity contribution < 1.29 is 33.6 Å². The molecule has 2 aromatic rings. The highest BCUT2D eigenvalue weighted by atomic mass is 16.2. The van der Waals surface area contributed by atoms with E-state index in [1.165, 1.54) is 21.7 Å². The van der Waals surface area contributed by atoms with Gasteiger partial charge in [-0.05, 0) is 54.1 Å². The first-order chi connectivity index (χ1) is 28.9. The van der Waals surface area contributed by atoms with Gasteiger partial charge >= 0.3 is 0 Å². The molecule has 0 bridgehead atoms. The van der Waals surface area contributed by atoms with Gasteiger partial charge in [-0.2, -0.15) is 0 Å². The summed E-state index contributed by atoms with van der Waals surface area (Å²) in [6.45, 7) is 15.1. The molecule has 2 aliphatic rings. The van der Waals surface area contributed by atoms with Crippen LogP contribution in [0.25, 0.3) is 0 Å². The second-order valence-electron chi connectivity index (χ2n) is 18.0. The van der Waals surface area contributed by atoms with Crippen molar-refractivity contribution in [3.63, 3.8) is 0 Å². The summed E-state index contributed by atoms with van der Waals surface area (Å²) in [4.78, 5) is 106. The minimum absolute atomic E-state index is 0.0408. The Labute approximate surface area is 362 Å². The van der Waals surface area contributed by atoms with E-state index in [0.717, 1.165) is 11.1 Å². The number of hydrogen-bond acceptors (Lipinski definition) is 7. The normalized spacial score (nSPS) is 26.1. The highest BCUT2D eigenvalue weighted by molar-refractivity contribution is 5.99. The van der Waals surface area contributed by atoms with E-state index < -0.39 is 89.6 Å². The summed E-state index contributed by atoms with van der Waals surface area (Å²) in [6.07, 6.45) is 1.90. The lowest BCUT2D eigenvalue weighted by Crippen LogP contribution is -2.62. The SMILES string of the molecule is CCC(C)C1NC(=O)C(Cc2ccccc2)N(C)C(=O)C2CCCN2C(=O)C(C(C)C)NC(=O)C(CC(C)C)NC(=O)C(Cc2ccccc2)N(C)C(=O)C(C(C)C)NC1=O. The van der Waals surface area contributed by atoms with Gasteiger partial charge in [-0.1, -0.05) is 122 Å². The minimum atomic E-state index is -1.09. The maximum atomic E-state index is 14.6. The van der Waals surface area contributed by atoms with E-state index in [1.54, 1.807) is 20.9 Å². The molecule has 8 unspecified atom stereocenters. The monoisotopic (exact) mass is 844 g/mol. The molecule has 334 valence electrons. The van der Waals surface area contributed by atoms with Gasteiger partial charge < -0.3 is 36.0 Å². The van der Waals surface area contributed by atoms with Crippen LogP contribution < -0.4 is 21.3 Å². The van der Waals surface area contributed by atoms with Crippen LogP contribution in [0, 0.1) is 23.7 Å². The van der Waals surface area contributed by atoms with E-state index in [2.05, 4.69) is 21.3 Å². The van der Waals surface area contributed by atoms with Crippen molar-refractivity contribution in [2.75, 3.05) is 20.6 Å². The standard InChI is InChI=1S/C47H69N7O7/c1-11-31(8)40-44(58)50-38(29(4)5)46(60)53(10)36(26-32-19-14-12-15-20-32)42(56)48-34(25-28(2)3)41(55)49-39(30(6)7)47(61)54-24-18-23-35(54)45(59)52(9)37(43(57)51-40)27-33-21-16-13-17-22-33/h12-17,19-22,28-31,34-40H,11,18,23-27H2,1-10H3,(H,48,56)(H,49,55)(H,50,58)(H,51,57). The molecular weight excluding hydrogens is 775 g/mol. The van der Waals surface area contributed by atoms with Gasteiger partial charge in [0, 0.05) is 33.5 Å². The number of fused-ring (bicyclic) bond motifs is 1. The van der Waals surface area contributed by atoms with Crippen LogP contribution in [0.15, 0.2) is 60.7 Å². The molecule has 61 heavy (non-hydrogen) atoms. The number of amides is 7. The van der Waals surface area contributed by atoms with E-state index in [0.29, 0.717) is 19.3 Å². The molecule has 0 spiro atoms. The fraction of sp³-hybridized carbons (Fsp3) is 0.596. The lowest BCUT2D eigenvalue weighted by Gasteiger charge is -2.36. The highest BCUT2D eigenvalue weighted by Gasteiger charge is 2.44. The molecule has 0 aliphatic carbocycles. The van der Waals surface area contributed by atoms with Crippen molar-refractivity contribution in [1.82, 2.24) is 36.0 Å². The van der Waals surface area contributed by atoms with Crippen LogP contribution in [0.3, 0.4) is 0 Å². The van der Waals surface area contributed by atoms with Gasteiger partial charge in [0.2, 0.25) is 41.4 Å². The Kier molecular flexibility index (Phi) is 17.5. The maximum Gasteiger partial charge on any atom is 0.246 e. The second kappa shape index (κ2) is 22.0. The van der Waals surface area contributed by atoms with Crippen LogP contribution in [0.4, 0.5) is 0 Å². The van der Waals surface area contributed by atoms with Crippen molar-refractivity contribution >= 4 is 41.4 Å². The molecule has 4 N–H and O–H groups in total. The molecular formula is C47H69N7O7. The maximum absolute atomic E-state index is 14.6. The van der Waals surface area contributed by atoms with Gasteiger partial charge in [0.1, 0.15) is 42.3 Å². The van der Waals surface area contributed by atoms with E-state index >= 15 is 0 Å². The summed E-state index contributed by atoms with van der Waals surface area (Å²) in [7, 11) is 3.05. The van der Waals surface area contributed by atoms with Gasteiger partial charge in [0.05, 0.1) is 0 Å². The predicted octanol–water partition coefficient (Wildman–Crippen LogP) is 3.47. The molecule has 14 heteroatoms. The average molecular weight is 844 g/mol. The first kappa shape index (κ1) is 48.4. The second-order valence-corrected chi connectivity index (χ2v) is 18.0. The topological polar surface area (TPSA) is 177 Å². The zero-order chi connectivity index (χ0) is 45.1. The molecule has 8 atom stereocenters. The van der Waals surface area contributed by atoms with Gasteiger partial charge in [0.25, 0.3) is 0 Å². The third-order valence-electron chi connectivity index (χ3n) is 12.2. The molecule has 14 nitrogen and oxygen atoms in total. The summed E-state index contributed by atoms with van der Waals surface area (Å²) in [5, 5.41) is 11.7. The third-order valence-corrected chi connectivity index (χ3v) is 12.2. The van der Waals surface area contributed by atoms with Gasteiger partial charge in [-0.25, -0.2) is 0 Å². The largest absolute Gasteiger partial charge is 0.342 e.